The maximum absolute atomic E-state index is 11.9. The number of hydrogen-bond donors (Lipinski definition) is 2. The van der Waals surface area contributed by atoms with Crippen LogP contribution in [0.4, 0.5) is 5.69 Å². The van der Waals surface area contributed by atoms with Crippen molar-refractivity contribution < 1.29 is 24.7 Å². The SMILES string of the molecule is O=C(COc1ccccc1[N+](=O)[O-])c1ccc(O)c(O)c1. The minimum absolute atomic E-state index is 0.0150. The van der Waals surface area contributed by atoms with Gasteiger partial charge in [0.2, 0.25) is 0 Å². The maximum Gasteiger partial charge on any atom is 0.310 e. The number of ketones is 1. The third-order valence-corrected chi connectivity index (χ3v) is 2.72. The summed E-state index contributed by atoms with van der Waals surface area (Å²) in [4.78, 5) is 22.1. The molecule has 2 rings (SSSR count). The molecular weight excluding hydrogens is 278 g/mol. The van der Waals surface area contributed by atoms with Gasteiger partial charge in [0.15, 0.2) is 29.6 Å². The van der Waals surface area contributed by atoms with E-state index < -0.39 is 23.1 Å². The molecule has 2 N–H and O–H groups in total. The highest BCUT2D eigenvalue weighted by Gasteiger charge is 2.16. The molecule has 7 heteroatoms. The molecular formula is C14H11NO6. The van der Waals surface area contributed by atoms with Crippen molar-refractivity contribution in [2.75, 3.05) is 6.61 Å². The van der Waals surface area contributed by atoms with E-state index in [0.717, 1.165) is 6.07 Å². The molecule has 0 aromatic heterocycles. The molecule has 0 aliphatic carbocycles. The largest absolute Gasteiger partial charge is 0.504 e. The van der Waals surface area contributed by atoms with Gasteiger partial charge in [-0.1, -0.05) is 12.1 Å². The number of carbonyl (C=O) groups excluding carboxylic acids is 1. The highest BCUT2D eigenvalue weighted by Crippen LogP contribution is 2.27. The Morgan fingerprint density at radius 3 is 2.52 bits per heavy atom. The van der Waals surface area contributed by atoms with Crippen LogP contribution in [-0.4, -0.2) is 27.5 Å². The number of hydrogen-bond acceptors (Lipinski definition) is 6. The molecule has 0 fully saturated rings. The summed E-state index contributed by atoms with van der Waals surface area (Å²) in [5.41, 5.74) is -0.109. The van der Waals surface area contributed by atoms with E-state index in [1.165, 1.54) is 30.3 Å². The second-order valence-corrected chi connectivity index (χ2v) is 4.14. The van der Waals surface area contributed by atoms with Gasteiger partial charge >= 0.3 is 5.69 Å². The summed E-state index contributed by atoms with van der Waals surface area (Å²) in [6.45, 7) is -0.422. The van der Waals surface area contributed by atoms with Crippen molar-refractivity contribution in [3.8, 4) is 17.2 Å². The average molecular weight is 289 g/mol. The second kappa shape index (κ2) is 5.91. The van der Waals surface area contributed by atoms with Gasteiger partial charge in [0.25, 0.3) is 0 Å². The number of carbonyl (C=O) groups is 1. The quantitative estimate of drug-likeness (QED) is 0.378. The summed E-state index contributed by atoms with van der Waals surface area (Å²) in [6, 6.07) is 9.30. The van der Waals surface area contributed by atoms with Crippen LogP contribution in [0.3, 0.4) is 0 Å². The average Bonchev–Trinajstić information content (AvgIpc) is 2.47. The van der Waals surface area contributed by atoms with Crippen molar-refractivity contribution in [1.29, 1.82) is 0 Å². The first-order chi connectivity index (χ1) is 9.99. The molecule has 0 amide bonds. The van der Waals surface area contributed by atoms with E-state index in [9.17, 15) is 20.0 Å². The van der Waals surface area contributed by atoms with E-state index in [-0.39, 0.29) is 22.7 Å². The van der Waals surface area contributed by atoms with Gasteiger partial charge < -0.3 is 14.9 Å². The van der Waals surface area contributed by atoms with Crippen LogP contribution in [0, 0.1) is 10.1 Å². The number of nitro benzene ring substituents is 1. The van der Waals surface area contributed by atoms with Gasteiger partial charge in [-0.15, -0.1) is 0 Å². The number of nitrogens with zero attached hydrogens (tertiary/aromatic N) is 1. The van der Waals surface area contributed by atoms with Crippen LogP contribution < -0.4 is 4.74 Å². The smallest absolute Gasteiger partial charge is 0.310 e. The maximum atomic E-state index is 11.9. The minimum atomic E-state index is -0.605. The number of ether oxygens (including phenoxy) is 1. The van der Waals surface area contributed by atoms with E-state index in [2.05, 4.69) is 0 Å². The summed E-state index contributed by atoms with van der Waals surface area (Å²) < 4.78 is 5.15. The number of phenols is 2. The van der Waals surface area contributed by atoms with Gasteiger partial charge in [-0.25, -0.2) is 0 Å². The van der Waals surface area contributed by atoms with Gasteiger partial charge in [0.05, 0.1) is 4.92 Å². The molecule has 7 nitrogen and oxygen atoms in total. The molecule has 0 atom stereocenters. The Morgan fingerprint density at radius 1 is 1.14 bits per heavy atom. The van der Waals surface area contributed by atoms with E-state index in [1.807, 2.05) is 0 Å². The molecule has 0 saturated carbocycles. The van der Waals surface area contributed by atoms with Crippen LogP contribution >= 0.6 is 0 Å². The van der Waals surface area contributed by atoms with Gasteiger partial charge in [-0.3, -0.25) is 14.9 Å². The molecule has 0 aliphatic heterocycles. The Bertz CT molecular complexity index is 698. The van der Waals surface area contributed by atoms with Crippen LogP contribution in [0.2, 0.25) is 0 Å². The molecule has 21 heavy (non-hydrogen) atoms. The fourth-order valence-corrected chi connectivity index (χ4v) is 1.65. The lowest BCUT2D eigenvalue weighted by molar-refractivity contribution is -0.385. The number of nitro groups is 1. The van der Waals surface area contributed by atoms with Gasteiger partial charge in [0, 0.05) is 11.6 Å². The third kappa shape index (κ3) is 3.27. The summed E-state index contributed by atoms with van der Waals surface area (Å²) in [7, 11) is 0. The van der Waals surface area contributed by atoms with E-state index >= 15 is 0 Å². The monoisotopic (exact) mass is 289 g/mol. The molecule has 0 bridgehead atoms. The third-order valence-electron chi connectivity index (χ3n) is 2.72. The molecule has 0 spiro atoms. The van der Waals surface area contributed by atoms with Crippen LogP contribution in [0.1, 0.15) is 10.4 Å². The first kappa shape index (κ1) is 14.3. The fourth-order valence-electron chi connectivity index (χ4n) is 1.65. The van der Waals surface area contributed by atoms with E-state index in [4.69, 9.17) is 9.84 Å². The molecule has 2 aromatic carbocycles. The van der Waals surface area contributed by atoms with Crippen LogP contribution in [0.15, 0.2) is 42.5 Å². The van der Waals surface area contributed by atoms with Crippen molar-refractivity contribution in [3.05, 3.63) is 58.1 Å². The van der Waals surface area contributed by atoms with Crippen molar-refractivity contribution in [3.63, 3.8) is 0 Å². The Labute approximate surface area is 119 Å². The topological polar surface area (TPSA) is 110 Å². The summed E-state index contributed by atoms with van der Waals surface area (Å²) >= 11 is 0. The zero-order valence-electron chi connectivity index (χ0n) is 10.7. The van der Waals surface area contributed by atoms with Crippen LogP contribution in [-0.2, 0) is 0 Å². The Morgan fingerprint density at radius 2 is 1.86 bits per heavy atom. The normalized spacial score (nSPS) is 10.1. The zero-order chi connectivity index (χ0) is 15.4. The van der Waals surface area contributed by atoms with Gasteiger partial charge in [-0.05, 0) is 24.3 Å². The second-order valence-electron chi connectivity index (χ2n) is 4.14. The van der Waals surface area contributed by atoms with Crippen molar-refractivity contribution >= 4 is 11.5 Å². The lowest BCUT2D eigenvalue weighted by atomic mass is 10.1. The Balaban J connectivity index is 2.11. The fraction of sp³-hybridized carbons (Fsp3) is 0.0714. The molecule has 2 aromatic rings. The lowest BCUT2D eigenvalue weighted by Gasteiger charge is -2.06. The molecule has 0 aliphatic rings. The minimum Gasteiger partial charge on any atom is -0.504 e. The summed E-state index contributed by atoms with van der Waals surface area (Å²) in [6.07, 6.45) is 0. The van der Waals surface area contributed by atoms with Crippen molar-refractivity contribution in [2.45, 2.75) is 0 Å². The molecule has 108 valence electrons. The molecule has 0 radical (unpaired) electrons. The number of phenolic OH excluding ortho intramolecular Hbond substituents is 2. The highest BCUT2D eigenvalue weighted by molar-refractivity contribution is 5.97. The van der Waals surface area contributed by atoms with Gasteiger partial charge in [0.1, 0.15) is 0 Å². The van der Waals surface area contributed by atoms with E-state index in [0.29, 0.717) is 0 Å². The van der Waals surface area contributed by atoms with Crippen molar-refractivity contribution in [1.82, 2.24) is 0 Å². The first-order valence-electron chi connectivity index (χ1n) is 5.90. The van der Waals surface area contributed by atoms with Crippen molar-refractivity contribution in [2.24, 2.45) is 0 Å². The molecule has 0 saturated heterocycles. The Kier molecular flexibility index (Phi) is 4.03. The first-order valence-corrected chi connectivity index (χ1v) is 5.90. The number of aromatic hydroxyl groups is 2. The zero-order valence-corrected chi connectivity index (χ0v) is 10.7. The number of rotatable bonds is 5. The predicted octanol–water partition coefficient (Wildman–Crippen LogP) is 2.27. The lowest BCUT2D eigenvalue weighted by Crippen LogP contribution is -2.12. The molecule has 0 unspecified atom stereocenters. The summed E-state index contributed by atoms with van der Waals surface area (Å²) in [5, 5.41) is 29.3. The highest BCUT2D eigenvalue weighted by atomic mass is 16.6. The van der Waals surface area contributed by atoms with Gasteiger partial charge in [-0.2, -0.15) is 0 Å². The summed E-state index contributed by atoms with van der Waals surface area (Å²) in [5.74, 6) is -1.26. The number of para-hydroxylation sites is 2. The Hall–Kier alpha value is -3.09. The predicted molar refractivity (Wildman–Crippen MR) is 72.7 cm³/mol. The number of benzene rings is 2. The van der Waals surface area contributed by atoms with Crippen LogP contribution in [0.5, 0.6) is 17.2 Å². The molecule has 0 heterocycles. The number of Topliss-reactive ketones (excluding diaryl/α,β-unsaturated/α-hetero) is 1. The van der Waals surface area contributed by atoms with Crippen LogP contribution in [0.25, 0.3) is 0 Å². The standard InChI is InChI=1S/C14H11NO6/c16-11-6-5-9(7-12(11)17)13(18)8-21-14-4-2-1-3-10(14)15(19)20/h1-7,16-17H,8H2. The van der Waals surface area contributed by atoms with E-state index in [1.54, 1.807) is 6.07 Å².